The topological polar surface area (TPSA) is 50.2 Å². The molecular weight excluding hydrogens is 178 g/mol. The van der Waals surface area contributed by atoms with E-state index in [0.29, 0.717) is 11.3 Å². The van der Waals surface area contributed by atoms with E-state index >= 15 is 0 Å². The van der Waals surface area contributed by atoms with E-state index in [1.54, 1.807) is 12.3 Å². The number of rotatable bonds is 1. The van der Waals surface area contributed by atoms with Crippen molar-refractivity contribution < 1.29 is 9.90 Å². The summed E-state index contributed by atoms with van der Waals surface area (Å²) >= 11 is 0. The fraction of sp³-hybridized carbons (Fsp3) is 0.273. The maximum atomic E-state index is 10.9. The molecular formula is C11H11NO2. The third-order valence-corrected chi connectivity index (χ3v) is 2.35. The van der Waals surface area contributed by atoms with Gasteiger partial charge in [0.25, 0.3) is 0 Å². The Labute approximate surface area is 82.1 Å². The fourth-order valence-corrected chi connectivity index (χ4v) is 1.72. The number of hydrogen-bond acceptors (Lipinski definition) is 2. The van der Waals surface area contributed by atoms with Crippen LogP contribution in [0.4, 0.5) is 0 Å². The largest absolute Gasteiger partial charge is 0.478 e. The summed E-state index contributed by atoms with van der Waals surface area (Å²) in [5, 5.41) is 8.95. The molecule has 14 heavy (non-hydrogen) atoms. The molecule has 0 saturated heterocycles. The number of nitrogens with zero attached hydrogens (tertiary/aromatic N) is 1. The first kappa shape index (κ1) is 8.94. The SMILES string of the molecule is Cc1cnc2c(c1)CCC=C2C(=O)O. The fourth-order valence-electron chi connectivity index (χ4n) is 1.72. The second-order valence-electron chi connectivity index (χ2n) is 3.48. The van der Waals surface area contributed by atoms with Gasteiger partial charge in [0.05, 0.1) is 11.3 Å². The number of pyridine rings is 1. The molecule has 72 valence electrons. The van der Waals surface area contributed by atoms with Crippen LogP contribution < -0.4 is 0 Å². The van der Waals surface area contributed by atoms with E-state index in [1.807, 2.05) is 13.0 Å². The number of allylic oxidation sites excluding steroid dienone is 1. The predicted molar refractivity (Wildman–Crippen MR) is 52.9 cm³/mol. The third kappa shape index (κ3) is 1.41. The minimum absolute atomic E-state index is 0.339. The van der Waals surface area contributed by atoms with Crippen molar-refractivity contribution in [3.63, 3.8) is 0 Å². The Kier molecular flexibility index (Phi) is 2.08. The average molecular weight is 189 g/mol. The van der Waals surface area contributed by atoms with Crippen LogP contribution >= 0.6 is 0 Å². The van der Waals surface area contributed by atoms with Crippen molar-refractivity contribution in [1.29, 1.82) is 0 Å². The van der Waals surface area contributed by atoms with Crippen LogP contribution in [0.15, 0.2) is 18.3 Å². The molecule has 1 aromatic rings. The van der Waals surface area contributed by atoms with Crippen LogP contribution in [0, 0.1) is 6.92 Å². The van der Waals surface area contributed by atoms with Crippen LogP contribution in [0.5, 0.6) is 0 Å². The van der Waals surface area contributed by atoms with Gasteiger partial charge in [0.15, 0.2) is 0 Å². The van der Waals surface area contributed by atoms with E-state index < -0.39 is 5.97 Å². The van der Waals surface area contributed by atoms with Gasteiger partial charge in [0.1, 0.15) is 0 Å². The molecule has 1 heterocycles. The quantitative estimate of drug-likeness (QED) is 0.732. The third-order valence-electron chi connectivity index (χ3n) is 2.35. The highest BCUT2D eigenvalue weighted by Crippen LogP contribution is 2.24. The molecule has 1 aliphatic carbocycles. The number of aryl methyl sites for hydroxylation is 2. The summed E-state index contributed by atoms with van der Waals surface area (Å²) in [6, 6.07) is 2.01. The van der Waals surface area contributed by atoms with Crippen LogP contribution in [-0.4, -0.2) is 16.1 Å². The van der Waals surface area contributed by atoms with Crippen LogP contribution in [0.25, 0.3) is 5.57 Å². The summed E-state index contributed by atoms with van der Waals surface area (Å²) < 4.78 is 0. The van der Waals surface area contributed by atoms with Crippen molar-refractivity contribution in [1.82, 2.24) is 4.98 Å². The van der Waals surface area contributed by atoms with E-state index in [2.05, 4.69) is 4.98 Å². The van der Waals surface area contributed by atoms with Gasteiger partial charge in [-0.15, -0.1) is 0 Å². The lowest BCUT2D eigenvalue weighted by atomic mass is 9.95. The first-order valence-electron chi connectivity index (χ1n) is 4.58. The summed E-state index contributed by atoms with van der Waals surface area (Å²) in [6.45, 7) is 1.96. The molecule has 3 heteroatoms. The van der Waals surface area contributed by atoms with E-state index in [0.717, 1.165) is 24.0 Å². The van der Waals surface area contributed by atoms with Crippen LogP contribution in [0.2, 0.25) is 0 Å². The lowest BCUT2D eigenvalue weighted by molar-refractivity contribution is -0.130. The number of carboxylic acids is 1. The van der Waals surface area contributed by atoms with Gasteiger partial charge in [-0.1, -0.05) is 12.1 Å². The summed E-state index contributed by atoms with van der Waals surface area (Å²) in [6.07, 6.45) is 5.13. The first-order valence-corrected chi connectivity index (χ1v) is 4.58. The van der Waals surface area contributed by atoms with Crippen LogP contribution in [0.1, 0.15) is 23.2 Å². The molecule has 0 aromatic carbocycles. The average Bonchev–Trinajstić information content (AvgIpc) is 2.16. The first-order chi connectivity index (χ1) is 6.68. The molecule has 3 nitrogen and oxygen atoms in total. The molecule has 2 rings (SSSR count). The van der Waals surface area contributed by atoms with Crippen molar-refractivity contribution in [2.24, 2.45) is 0 Å². The Hall–Kier alpha value is -1.64. The van der Waals surface area contributed by atoms with E-state index in [4.69, 9.17) is 5.11 Å². The Balaban J connectivity index is 2.54. The normalized spacial score (nSPS) is 14.5. The second kappa shape index (κ2) is 3.25. The molecule has 0 atom stereocenters. The lowest BCUT2D eigenvalue weighted by Gasteiger charge is -2.13. The van der Waals surface area contributed by atoms with Crippen molar-refractivity contribution in [3.8, 4) is 0 Å². The molecule has 0 saturated carbocycles. The van der Waals surface area contributed by atoms with Gasteiger partial charge in [-0.05, 0) is 30.9 Å². The molecule has 1 aromatic heterocycles. The molecule has 0 unspecified atom stereocenters. The van der Waals surface area contributed by atoms with Crippen molar-refractivity contribution in [2.45, 2.75) is 19.8 Å². The Bertz CT molecular complexity index is 421. The van der Waals surface area contributed by atoms with Gasteiger partial charge >= 0.3 is 5.97 Å². The minimum atomic E-state index is -0.887. The number of aliphatic carboxylic acids is 1. The van der Waals surface area contributed by atoms with Crippen molar-refractivity contribution >= 4 is 11.5 Å². The summed E-state index contributed by atoms with van der Waals surface area (Å²) in [4.78, 5) is 15.1. The Morgan fingerprint density at radius 2 is 2.36 bits per heavy atom. The maximum Gasteiger partial charge on any atom is 0.337 e. The molecule has 1 aliphatic rings. The molecule has 0 amide bonds. The highest BCUT2D eigenvalue weighted by atomic mass is 16.4. The van der Waals surface area contributed by atoms with Crippen molar-refractivity contribution in [3.05, 3.63) is 35.2 Å². The zero-order chi connectivity index (χ0) is 10.1. The molecule has 0 radical (unpaired) electrons. The number of carbonyl (C=O) groups is 1. The molecule has 1 N–H and O–H groups in total. The van der Waals surface area contributed by atoms with Gasteiger partial charge in [0, 0.05) is 6.20 Å². The van der Waals surface area contributed by atoms with Crippen LogP contribution in [-0.2, 0) is 11.2 Å². The van der Waals surface area contributed by atoms with Gasteiger partial charge < -0.3 is 5.11 Å². The highest BCUT2D eigenvalue weighted by molar-refractivity contribution is 6.15. The molecule has 0 fully saturated rings. The van der Waals surface area contributed by atoms with Crippen LogP contribution in [0.3, 0.4) is 0 Å². The summed E-state index contributed by atoms with van der Waals surface area (Å²) in [5.74, 6) is -0.887. The lowest BCUT2D eigenvalue weighted by Crippen LogP contribution is -2.09. The molecule has 0 spiro atoms. The Morgan fingerprint density at radius 1 is 1.57 bits per heavy atom. The van der Waals surface area contributed by atoms with Crippen molar-refractivity contribution in [2.75, 3.05) is 0 Å². The standard InChI is InChI=1S/C11H11NO2/c1-7-5-8-3-2-4-9(11(13)14)10(8)12-6-7/h4-6H,2-3H2,1H3,(H,13,14). The monoisotopic (exact) mass is 189 g/mol. The van der Waals surface area contributed by atoms with Gasteiger partial charge in [-0.2, -0.15) is 0 Å². The zero-order valence-corrected chi connectivity index (χ0v) is 7.95. The maximum absolute atomic E-state index is 10.9. The zero-order valence-electron chi connectivity index (χ0n) is 7.95. The van der Waals surface area contributed by atoms with Gasteiger partial charge in [0.2, 0.25) is 0 Å². The summed E-state index contributed by atoms with van der Waals surface area (Å²) in [5.41, 5.74) is 3.10. The van der Waals surface area contributed by atoms with E-state index in [9.17, 15) is 4.79 Å². The van der Waals surface area contributed by atoms with E-state index in [-0.39, 0.29) is 0 Å². The van der Waals surface area contributed by atoms with E-state index in [1.165, 1.54) is 0 Å². The Morgan fingerprint density at radius 3 is 3.07 bits per heavy atom. The molecule has 0 bridgehead atoms. The predicted octanol–water partition coefficient (Wildman–Crippen LogP) is 1.80. The number of aromatic nitrogens is 1. The number of hydrogen-bond donors (Lipinski definition) is 1. The number of fused-ring (bicyclic) bond motifs is 1. The minimum Gasteiger partial charge on any atom is -0.478 e. The summed E-state index contributed by atoms with van der Waals surface area (Å²) in [7, 11) is 0. The molecule has 0 aliphatic heterocycles. The highest BCUT2D eigenvalue weighted by Gasteiger charge is 2.18. The second-order valence-corrected chi connectivity index (χ2v) is 3.48. The number of carboxylic acid groups (broad SMARTS) is 1. The smallest absolute Gasteiger partial charge is 0.337 e. The van der Waals surface area contributed by atoms with Gasteiger partial charge in [-0.25, -0.2) is 4.79 Å². The van der Waals surface area contributed by atoms with Gasteiger partial charge in [-0.3, -0.25) is 4.98 Å².